The van der Waals surface area contributed by atoms with Gasteiger partial charge in [0.2, 0.25) is 5.91 Å². The second-order valence-corrected chi connectivity index (χ2v) is 11.6. The van der Waals surface area contributed by atoms with Gasteiger partial charge in [-0.15, -0.1) is 0 Å². The molecule has 0 saturated carbocycles. The predicted octanol–water partition coefficient (Wildman–Crippen LogP) is 3.12. The van der Waals surface area contributed by atoms with E-state index >= 15 is 0 Å². The standard InChI is InChI=1S/C27H37N3O5S/c1-5-27(28,24(31)29-36(33,34)23-13-11-22(35-4)12-14-23)26(19-20(2)3)16-18-30(25(26)32)17-15-21-9-7-6-8-10-21/h6-14,20H,5,15-19,28H2,1-4H3,(H,29,31). The van der Waals surface area contributed by atoms with Crippen molar-refractivity contribution < 1.29 is 22.7 Å². The van der Waals surface area contributed by atoms with Gasteiger partial charge < -0.3 is 15.4 Å². The van der Waals surface area contributed by atoms with Crippen LogP contribution in [0.3, 0.4) is 0 Å². The highest BCUT2D eigenvalue weighted by Gasteiger charge is 2.61. The second-order valence-electron chi connectivity index (χ2n) is 9.89. The first-order valence-corrected chi connectivity index (χ1v) is 13.8. The Bertz CT molecular complexity index is 1170. The number of likely N-dealkylation sites (tertiary alicyclic amines) is 1. The van der Waals surface area contributed by atoms with Crippen LogP contribution in [-0.2, 0) is 26.0 Å². The lowest BCUT2D eigenvalue weighted by Gasteiger charge is -2.43. The fourth-order valence-corrected chi connectivity index (χ4v) is 6.22. The molecule has 0 radical (unpaired) electrons. The van der Waals surface area contributed by atoms with Crippen LogP contribution in [0.2, 0.25) is 0 Å². The highest BCUT2D eigenvalue weighted by molar-refractivity contribution is 7.90. The van der Waals surface area contributed by atoms with Crippen molar-refractivity contribution in [1.29, 1.82) is 0 Å². The maximum absolute atomic E-state index is 13.9. The molecule has 0 aliphatic carbocycles. The molecular weight excluding hydrogens is 478 g/mol. The lowest BCUT2D eigenvalue weighted by Crippen LogP contribution is -2.67. The smallest absolute Gasteiger partial charge is 0.264 e. The number of sulfonamides is 1. The van der Waals surface area contributed by atoms with E-state index in [1.807, 2.05) is 44.2 Å². The minimum absolute atomic E-state index is 0.0727. The van der Waals surface area contributed by atoms with Gasteiger partial charge in [0.25, 0.3) is 15.9 Å². The Labute approximate surface area is 214 Å². The van der Waals surface area contributed by atoms with Crippen molar-refractivity contribution in [2.24, 2.45) is 17.1 Å². The third-order valence-corrected chi connectivity index (χ3v) is 8.54. The molecule has 2 aromatic carbocycles. The summed E-state index contributed by atoms with van der Waals surface area (Å²) in [6.07, 6.45) is 1.57. The first kappa shape index (κ1) is 27.7. The zero-order valence-corrected chi connectivity index (χ0v) is 22.3. The van der Waals surface area contributed by atoms with Crippen molar-refractivity contribution >= 4 is 21.8 Å². The molecule has 3 N–H and O–H groups in total. The molecule has 3 rings (SSSR count). The Hall–Kier alpha value is -2.91. The largest absolute Gasteiger partial charge is 0.497 e. The van der Waals surface area contributed by atoms with Crippen LogP contribution in [0.15, 0.2) is 59.5 Å². The van der Waals surface area contributed by atoms with Gasteiger partial charge in [0.15, 0.2) is 0 Å². The molecular formula is C27H37N3O5S. The summed E-state index contributed by atoms with van der Waals surface area (Å²) in [6.45, 7) is 6.65. The molecule has 1 heterocycles. The van der Waals surface area contributed by atoms with Crippen LogP contribution in [0, 0.1) is 11.3 Å². The van der Waals surface area contributed by atoms with Gasteiger partial charge in [-0.25, -0.2) is 13.1 Å². The van der Waals surface area contributed by atoms with Gasteiger partial charge in [0.1, 0.15) is 11.3 Å². The van der Waals surface area contributed by atoms with Crippen molar-refractivity contribution in [1.82, 2.24) is 9.62 Å². The number of benzene rings is 2. The van der Waals surface area contributed by atoms with E-state index < -0.39 is 26.9 Å². The number of hydrogen-bond acceptors (Lipinski definition) is 6. The molecule has 2 atom stereocenters. The number of rotatable bonds is 11. The van der Waals surface area contributed by atoms with Crippen molar-refractivity contribution in [3.8, 4) is 5.75 Å². The quantitative estimate of drug-likeness (QED) is 0.475. The van der Waals surface area contributed by atoms with Crippen LogP contribution in [0.4, 0.5) is 0 Å². The first-order valence-electron chi connectivity index (χ1n) is 12.3. The number of carbonyl (C=O) groups excluding carboxylic acids is 2. The minimum atomic E-state index is -4.20. The molecule has 36 heavy (non-hydrogen) atoms. The molecule has 0 aromatic heterocycles. The lowest BCUT2D eigenvalue weighted by molar-refractivity contribution is -0.147. The third kappa shape index (κ3) is 5.42. The van der Waals surface area contributed by atoms with Crippen LogP contribution in [0.1, 0.15) is 45.6 Å². The third-order valence-electron chi connectivity index (χ3n) is 7.19. The molecule has 9 heteroatoms. The summed E-state index contributed by atoms with van der Waals surface area (Å²) < 4.78 is 33.3. The first-order chi connectivity index (χ1) is 17.0. The van der Waals surface area contributed by atoms with Crippen molar-refractivity contribution in [2.45, 2.75) is 56.9 Å². The predicted molar refractivity (Wildman–Crippen MR) is 139 cm³/mol. The summed E-state index contributed by atoms with van der Waals surface area (Å²) in [5.74, 6) is -0.485. The zero-order valence-electron chi connectivity index (χ0n) is 21.5. The van der Waals surface area contributed by atoms with Gasteiger partial charge >= 0.3 is 0 Å². The fourth-order valence-electron chi connectivity index (χ4n) is 5.18. The molecule has 0 bridgehead atoms. The Morgan fingerprint density at radius 3 is 2.36 bits per heavy atom. The van der Waals surface area contributed by atoms with E-state index in [0.29, 0.717) is 38.1 Å². The summed E-state index contributed by atoms with van der Waals surface area (Å²) in [6, 6.07) is 15.6. The number of amides is 2. The summed E-state index contributed by atoms with van der Waals surface area (Å²) >= 11 is 0. The maximum Gasteiger partial charge on any atom is 0.264 e. The molecule has 1 saturated heterocycles. The van der Waals surface area contributed by atoms with E-state index in [1.165, 1.54) is 31.4 Å². The molecule has 196 valence electrons. The van der Waals surface area contributed by atoms with Gasteiger partial charge in [-0.3, -0.25) is 9.59 Å². The lowest BCUT2D eigenvalue weighted by atomic mass is 9.63. The Morgan fingerprint density at radius 2 is 1.81 bits per heavy atom. The summed E-state index contributed by atoms with van der Waals surface area (Å²) in [5, 5.41) is 0. The van der Waals surface area contributed by atoms with E-state index in [4.69, 9.17) is 10.5 Å². The zero-order chi connectivity index (χ0) is 26.6. The highest BCUT2D eigenvalue weighted by Crippen LogP contribution is 2.47. The molecule has 2 amide bonds. The van der Waals surface area contributed by atoms with Crippen LogP contribution < -0.4 is 15.2 Å². The topological polar surface area (TPSA) is 119 Å². The number of nitrogens with one attached hydrogen (secondary N) is 1. The number of nitrogens with zero attached hydrogens (tertiary/aromatic N) is 1. The Balaban J connectivity index is 1.88. The fraction of sp³-hybridized carbons (Fsp3) is 0.481. The number of methoxy groups -OCH3 is 1. The SMILES string of the molecule is CCC(N)(C(=O)NS(=O)(=O)c1ccc(OC)cc1)C1(CC(C)C)CCN(CCc2ccccc2)C1=O. The van der Waals surface area contributed by atoms with Crippen LogP contribution >= 0.6 is 0 Å². The van der Waals surface area contributed by atoms with Crippen molar-refractivity contribution in [3.05, 3.63) is 60.2 Å². The number of carbonyl (C=O) groups is 2. The Kier molecular flexibility index (Phi) is 8.46. The number of ether oxygens (including phenoxy) is 1. The Morgan fingerprint density at radius 1 is 1.17 bits per heavy atom. The van der Waals surface area contributed by atoms with Crippen molar-refractivity contribution in [3.63, 3.8) is 0 Å². The number of hydrogen-bond donors (Lipinski definition) is 2. The number of nitrogens with two attached hydrogens (primary N) is 1. The molecule has 2 aromatic rings. The molecule has 1 aliphatic heterocycles. The van der Waals surface area contributed by atoms with Gasteiger partial charge in [-0.05, 0) is 61.4 Å². The van der Waals surface area contributed by atoms with Crippen LogP contribution in [-0.4, -0.2) is 50.9 Å². The average molecular weight is 516 g/mol. The summed E-state index contributed by atoms with van der Waals surface area (Å²) in [5.41, 5.74) is 4.99. The molecule has 1 aliphatic rings. The maximum atomic E-state index is 13.9. The van der Waals surface area contributed by atoms with E-state index in [2.05, 4.69) is 4.72 Å². The van der Waals surface area contributed by atoms with E-state index in [0.717, 1.165) is 5.56 Å². The van der Waals surface area contributed by atoms with Gasteiger partial charge in [0.05, 0.1) is 17.4 Å². The molecule has 8 nitrogen and oxygen atoms in total. The van der Waals surface area contributed by atoms with Crippen LogP contribution in [0.25, 0.3) is 0 Å². The van der Waals surface area contributed by atoms with E-state index in [-0.39, 0.29) is 23.1 Å². The summed E-state index contributed by atoms with van der Waals surface area (Å²) in [4.78, 5) is 29.2. The monoisotopic (exact) mass is 515 g/mol. The molecule has 0 spiro atoms. The average Bonchev–Trinajstić information content (AvgIpc) is 3.18. The van der Waals surface area contributed by atoms with Gasteiger partial charge in [-0.2, -0.15) is 0 Å². The van der Waals surface area contributed by atoms with Crippen LogP contribution in [0.5, 0.6) is 5.75 Å². The normalized spacial score (nSPS) is 19.8. The van der Waals surface area contributed by atoms with E-state index in [1.54, 1.807) is 11.8 Å². The molecule has 2 unspecified atom stereocenters. The molecule has 1 fully saturated rings. The second kappa shape index (κ2) is 11.0. The highest BCUT2D eigenvalue weighted by atomic mass is 32.2. The van der Waals surface area contributed by atoms with Gasteiger partial charge in [-0.1, -0.05) is 51.1 Å². The summed E-state index contributed by atoms with van der Waals surface area (Å²) in [7, 11) is -2.72. The van der Waals surface area contributed by atoms with E-state index in [9.17, 15) is 18.0 Å². The van der Waals surface area contributed by atoms with Crippen molar-refractivity contribution in [2.75, 3.05) is 20.2 Å². The van der Waals surface area contributed by atoms with Gasteiger partial charge in [0, 0.05) is 13.1 Å². The minimum Gasteiger partial charge on any atom is -0.497 e.